The van der Waals surface area contributed by atoms with Crippen LogP contribution in [0.3, 0.4) is 0 Å². The molecule has 0 fully saturated rings. The van der Waals surface area contributed by atoms with Gasteiger partial charge in [0.2, 0.25) is 0 Å². The molecule has 2 heterocycles. The smallest absolute Gasteiger partial charge is 0.417 e. The summed E-state index contributed by atoms with van der Waals surface area (Å²) in [5.74, 6) is 0.0199. The molecule has 1 aromatic carbocycles. The van der Waals surface area contributed by atoms with Gasteiger partial charge in [-0.3, -0.25) is 4.99 Å². The van der Waals surface area contributed by atoms with E-state index in [1.807, 2.05) is 43.2 Å². The van der Waals surface area contributed by atoms with Crippen molar-refractivity contribution in [2.45, 2.75) is 38.6 Å². The van der Waals surface area contributed by atoms with Crippen LogP contribution >= 0.6 is 0 Å². The molecule has 0 saturated carbocycles. The standard InChI is InChI=1S/C22H22F3N3O3/c1-14(2)9-19(31-17-7-6-15(11-26)18(10-17)22(23,24)25)21(29)30-13-16-12-27-20-5-3-4-8-28(16)20/h3-8,10,14,16,19H,9,12-13H2,1-2H3. The highest BCUT2D eigenvalue weighted by molar-refractivity contribution is 5.96. The van der Waals surface area contributed by atoms with E-state index in [1.54, 1.807) is 0 Å². The number of esters is 1. The van der Waals surface area contributed by atoms with Gasteiger partial charge < -0.3 is 14.4 Å². The van der Waals surface area contributed by atoms with Gasteiger partial charge >= 0.3 is 12.1 Å². The molecule has 2 atom stereocenters. The number of ether oxygens (including phenoxy) is 2. The van der Waals surface area contributed by atoms with E-state index in [-0.39, 0.29) is 30.7 Å². The maximum Gasteiger partial charge on any atom is 0.417 e. The number of allylic oxidation sites excluding steroid dienone is 2. The SMILES string of the molecule is CC(C)CC(Oc1ccc(C#N)c(C(F)(F)F)c1)C(=O)OCC1CN=C2C=CC=CN21. The van der Waals surface area contributed by atoms with E-state index in [0.29, 0.717) is 6.54 Å². The minimum Gasteiger partial charge on any atom is -0.479 e. The minimum absolute atomic E-state index is 0.0367. The molecule has 6 nitrogen and oxygen atoms in total. The molecular formula is C22H22F3N3O3. The van der Waals surface area contributed by atoms with Crippen molar-refractivity contribution in [2.24, 2.45) is 10.9 Å². The van der Waals surface area contributed by atoms with E-state index >= 15 is 0 Å². The van der Waals surface area contributed by atoms with Crippen LogP contribution in [0.1, 0.15) is 31.4 Å². The molecule has 3 rings (SSSR count). The first kappa shape index (κ1) is 22.4. The average Bonchev–Trinajstić information content (AvgIpc) is 3.13. The third-order valence-corrected chi connectivity index (χ3v) is 4.79. The second-order valence-electron chi connectivity index (χ2n) is 7.64. The van der Waals surface area contributed by atoms with Crippen molar-refractivity contribution in [3.05, 3.63) is 53.8 Å². The molecular weight excluding hydrogens is 411 g/mol. The van der Waals surface area contributed by atoms with E-state index < -0.39 is 29.4 Å². The lowest BCUT2D eigenvalue weighted by atomic mass is 10.1. The molecule has 31 heavy (non-hydrogen) atoms. The molecule has 2 aliphatic heterocycles. The molecule has 0 aromatic heterocycles. The Balaban J connectivity index is 1.69. The lowest BCUT2D eigenvalue weighted by Crippen LogP contribution is -2.39. The van der Waals surface area contributed by atoms with Gasteiger partial charge in [-0.05, 0) is 42.7 Å². The lowest BCUT2D eigenvalue weighted by molar-refractivity contribution is -0.153. The normalized spacial score (nSPS) is 18.4. The maximum atomic E-state index is 13.2. The molecule has 0 saturated heterocycles. The Bertz CT molecular complexity index is 961. The van der Waals surface area contributed by atoms with Crippen LogP contribution in [0.5, 0.6) is 5.75 Å². The molecule has 0 aliphatic carbocycles. The molecule has 1 aromatic rings. The van der Waals surface area contributed by atoms with Crippen LogP contribution in [0.25, 0.3) is 0 Å². The number of rotatable bonds is 7. The number of carbonyl (C=O) groups is 1. The molecule has 0 spiro atoms. The van der Waals surface area contributed by atoms with Crippen LogP contribution in [0.15, 0.2) is 47.6 Å². The van der Waals surface area contributed by atoms with Gasteiger partial charge in [0.15, 0.2) is 6.10 Å². The van der Waals surface area contributed by atoms with Gasteiger partial charge in [-0.25, -0.2) is 4.79 Å². The molecule has 0 N–H and O–H groups in total. The second-order valence-corrected chi connectivity index (χ2v) is 7.64. The van der Waals surface area contributed by atoms with E-state index in [9.17, 15) is 18.0 Å². The van der Waals surface area contributed by atoms with Crippen LogP contribution in [-0.2, 0) is 15.7 Å². The Labute approximate surface area is 178 Å². The summed E-state index contributed by atoms with van der Waals surface area (Å²) in [4.78, 5) is 19.0. The van der Waals surface area contributed by atoms with Gasteiger partial charge in [-0.15, -0.1) is 0 Å². The topological polar surface area (TPSA) is 74.9 Å². The Kier molecular flexibility index (Phi) is 6.68. The summed E-state index contributed by atoms with van der Waals surface area (Å²) >= 11 is 0. The quantitative estimate of drug-likeness (QED) is 0.606. The number of halogens is 3. The number of carbonyl (C=O) groups excluding carboxylic acids is 1. The van der Waals surface area contributed by atoms with Gasteiger partial charge in [0.05, 0.1) is 29.8 Å². The Morgan fingerprint density at radius 2 is 2.13 bits per heavy atom. The van der Waals surface area contributed by atoms with Crippen molar-refractivity contribution < 1.29 is 27.4 Å². The maximum absolute atomic E-state index is 13.2. The molecule has 0 bridgehead atoms. The fourth-order valence-electron chi connectivity index (χ4n) is 3.29. The summed E-state index contributed by atoms with van der Waals surface area (Å²) in [6.45, 7) is 4.28. The van der Waals surface area contributed by atoms with Crippen LogP contribution in [0.2, 0.25) is 0 Å². The monoisotopic (exact) mass is 433 g/mol. The average molecular weight is 433 g/mol. The first-order chi connectivity index (χ1) is 14.7. The molecule has 164 valence electrons. The highest BCUT2D eigenvalue weighted by Crippen LogP contribution is 2.34. The zero-order valence-corrected chi connectivity index (χ0v) is 17.1. The Hall–Kier alpha value is -3.28. The van der Waals surface area contributed by atoms with Gasteiger partial charge in [0, 0.05) is 6.20 Å². The fourth-order valence-corrected chi connectivity index (χ4v) is 3.29. The largest absolute Gasteiger partial charge is 0.479 e. The van der Waals surface area contributed by atoms with E-state index in [1.165, 1.54) is 12.1 Å². The Morgan fingerprint density at radius 3 is 2.81 bits per heavy atom. The molecule has 2 unspecified atom stereocenters. The predicted molar refractivity (Wildman–Crippen MR) is 107 cm³/mol. The van der Waals surface area contributed by atoms with Crippen LogP contribution in [0, 0.1) is 17.2 Å². The van der Waals surface area contributed by atoms with E-state index in [4.69, 9.17) is 14.7 Å². The number of hydrogen-bond acceptors (Lipinski definition) is 6. The number of alkyl halides is 3. The summed E-state index contributed by atoms with van der Waals surface area (Å²) in [5.41, 5.74) is -1.62. The van der Waals surface area contributed by atoms with Gasteiger partial charge in [0.25, 0.3) is 0 Å². The van der Waals surface area contributed by atoms with Crippen molar-refractivity contribution in [1.29, 1.82) is 5.26 Å². The van der Waals surface area contributed by atoms with Crippen LogP contribution < -0.4 is 4.74 Å². The van der Waals surface area contributed by atoms with Crippen molar-refractivity contribution >= 4 is 11.8 Å². The zero-order valence-electron chi connectivity index (χ0n) is 17.1. The summed E-state index contributed by atoms with van der Waals surface area (Å²) < 4.78 is 50.7. The van der Waals surface area contributed by atoms with Gasteiger partial charge in [-0.2, -0.15) is 18.4 Å². The zero-order chi connectivity index (χ0) is 22.6. The molecule has 0 amide bonds. The number of fused-ring (bicyclic) bond motifs is 1. The summed E-state index contributed by atoms with van der Waals surface area (Å²) in [5, 5.41) is 8.93. The van der Waals surface area contributed by atoms with Gasteiger partial charge in [-0.1, -0.05) is 19.9 Å². The summed E-state index contributed by atoms with van der Waals surface area (Å²) in [6.07, 6.45) is 1.90. The summed E-state index contributed by atoms with van der Waals surface area (Å²) in [7, 11) is 0. The molecule has 0 radical (unpaired) electrons. The number of aliphatic imine (C=N–C) groups is 1. The second kappa shape index (κ2) is 9.25. The number of hydrogen-bond donors (Lipinski definition) is 0. The molecule has 2 aliphatic rings. The third-order valence-electron chi connectivity index (χ3n) is 4.79. The minimum atomic E-state index is -4.71. The van der Waals surface area contributed by atoms with Gasteiger partial charge in [0.1, 0.15) is 18.2 Å². The number of benzene rings is 1. The van der Waals surface area contributed by atoms with Crippen molar-refractivity contribution in [3.63, 3.8) is 0 Å². The third kappa shape index (κ3) is 5.45. The van der Waals surface area contributed by atoms with Crippen molar-refractivity contribution in [2.75, 3.05) is 13.2 Å². The number of nitrogens with zero attached hydrogens (tertiary/aromatic N) is 3. The predicted octanol–water partition coefficient (Wildman–Crippen LogP) is 4.08. The number of nitriles is 1. The fraction of sp³-hybridized carbons (Fsp3) is 0.409. The number of amidine groups is 1. The van der Waals surface area contributed by atoms with Crippen LogP contribution in [-0.4, -0.2) is 42.0 Å². The van der Waals surface area contributed by atoms with E-state index in [0.717, 1.165) is 18.0 Å². The first-order valence-electron chi connectivity index (χ1n) is 9.81. The van der Waals surface area contributed by atoms with E-state index in [2.05, 4.69) is 4.99 Å². The van der Waals surface area contributed by atoms with Crippen LogP contribution in [0.4, 0.5) is 13.2 Å². The summed E-state index contributed by atoms with van der Waals surface area (Å²) in [6, 6.07) is 4.39. The molecule has 9 heteroatoms. The van der Waals surface area contributed by atoms with Crippen molar-refractivity contribution in [1.82, 2.24) is 4.90 Å². The first-order valence-corrected chi connectivity index (χ1v) is 9.81. The lowest BCUT2D eigenvalue weighted by Gasteiger charge is -2.25. The van der Waals surface area contributed by atoms with Crippen molar-refractivity contribution in [3.8, 4) is 11.8 Å². The Morgan fingerprint density at radius 1 is 1.35 bits per heavy atom. The highest BCUT2D eigenvalue weighted by atomic mass is 19.4. The highest BCUT2D eigenvalue weighted by Gasteiger charge is 2.35.